The third-order valence-electron chi connectivity index (χ3n) is 5.45. The van der Waals surface area contributed by atoms with Gasteiger partial charge in [-0.1, -0.05) is 20.8 Å². The Balaban J connectivity index is 1.92. The number of hydrogen-bond acceptors (Lipinski definition) is 4. The zero-order chi connectivity index (χ0) is 15.3. The van der Waals surface area contributed by atoms with Crippen molar-refractivity contribution in [1.29, 1.82) is 0 Å². The number of nitrogens with zero attached hydrogens (tertiary/aromatic N) is 2. The minimum atomic E-state index is -0.0475. The number of likely N-dealkylation sites (tertiary alicyclic amines) is 1. The fourth-order valence-corrected chi connectivity index (χ4v) is 3.97. The molecule has 0 aromatic rings. The van der Waals surface area contributed by atoms with Crippen LogP contribution in [0.25, 0.3) is 0 Å². The molecule has 0 amide bonds. The third-order valence-corrected chi connectivity index (χ3v) is 5.45. The summed E-state index contributed by atoms with van der Waals surface area (Å²) in [4.78, 5) is 5.16. The van der Waals surface area contributed by atoms with Gasteiger partial charge in [0.05, 0.1) is 12.1 Å². The van der Waals surface area contributed by atoms with E-state index in [0.29, 0.717) is 12.0 Å². The van der Waals surface area contributed by atoms with Gasteiger partial charge >= 0.3 is 0 Å². The van der Waals surface area contributed by atoms with E-state index in [1.165, 1.54) is 32.4 Å². The van der Waals surface area contributed by atoms with E-state index in [4.69, 9.17) is 0 Å². The van der Waals surface area contributed by atoms with Crippen molar-refractivity contribution in [3.8, 4) is 0 Å². The molecular weight excluding hydrogens is 262 g/mol. The predicted molar refractivity (Wildman–Crippen MR) is 88.6 cm³/mol. The van der Waals surface area contributed by atoms with Crippen LogP contribution in [0.15, 0.2) is 0 Å². The first-order valence-electron chi connectivity index (χ1n) is 9.01. The topological polar surface area (TPSA) is 38.7 Å². The van der Waals surface area contributed by atoms with Crippen LogP contribution in [0.4, 0.5) is 0 Å². The van der Waals surface area contributed by atoms with Gasteiger partial charge in [-0.3, -0.25) is 9.80 Å². The molecule has 1 saturated carbocycles. The SMILES string of the molecule is CCCNC(CO)(CN1CCC(N(CC)CC)C1)C1CC1. The summed E-state index contributed by atoms with van der Waals surface area (Å²) in [5.41, 5.74) is -0.0475. The summed E-state index contributed by atoms with van der Waals surface area (Å²) in [5, 5.41) is 13.7. The van der Waals surface area contributed by atoms with E-state index < -0.39 is 0 Å². The maximum absolute atomic E-state index is 10.0. The molecule has 124 valence electrons. The Morgan fingerprint density at radius 1 is 1.19 bits per heavy atom. The monoisotopic (exact) mass is 297 g/mol. The summed E-state index contributed by atoms with van der Waals surface area (Å²) in [6, 6.07) is 0.710. The first kappa shape index (κ1) is 17.2. The van der Waals surface area contributed by atoms with Crippen LogP contribution in [-0.4, -0.2) is 72.4 Å². The van der Waals surface area contributed by atoms with Gasteiger partial charge in [0.1, 0.15) is 0 Å². The number of nitrogens with one attached hydrogen (secondary N) is 1. The highest BCUT2D eigenvalue weighted by molar-refractivity contribution is 5.04. The molecule has 2 aliphatic rings. The van der Waals surface area contributed by atoms with Gasteiger partial charge < -0.3 is 10.4 Å². The quantitative estimate of drug-likeness (QED) is 0.642. The van der Waals surface area contributed by atoms with Crippen molar-refractivity contribution < 1.29 is 5.11 Å². The highest BCUT2D eigenvalue weighted by atomic mass is 16.3. The van der Waals surface area contributed by atoms with Gasteiger partial charge in [-0.05, 0) is 57.8 Å². The average molecular weight is 297 g/mol. The third kappa shape index (κ3) is 4.19. The molecule has 2 N–H and O–H groups in total. The van der Waals surface area contributed by atoms with Gasteiger partial charge in [0, 0.05) is 19.1 Å². The Bertz CT molecular complexity index is 304. The van der Waals surface area contributed by atoms with Gasteiger partial charge in [0.2, 0.25) is 0 Å². The summed E-state index contributed by atoms with van der Waals surface area (Å²) in [6.45, 7) is 13.7. The largest absolute Gasteiger partial charge is 0.394 e. The molecule has 2 unspecified atom stereocenters. The van der Waals surface area contributed by atoms with Crippen molar-refractivity contribution in [3.05, 3.63) is 0 Å². The van der Waals surface area contributed by atoms with Gasteiger partial charge in [-0.2, -0.15) is 0 Å². The maximum atomic E-state index is 10.0. The number of rotatable bonds is 10. The molecule has 0 aromatic carbocycles. The van der Waals surface area contributed by atoms with E-state index in [1.807, 2.05) is 0 Å². The second-order valence-electron chi connectivity index (χ2n) is 6.91. The zero-order valence-corrected chi connectivity index (χ0v) is 14.3. The first-order chi connectivity index (χ1) is 10.2. The molecule has 2 atom stereocenters. The van der Waals surface area contributed by atoms with Crippen LogP contribution in [0, 0.1) is 5.92 Å². The van der Waals surface area contributed by atoms with Crippen LogP contribution in [0.2, 0.25) is 0 Å². The molecular formula is C17H35N3O. The fraction of sp³-hybridized carbons (Fsp3) is 1.00. The van der Waals surface area contributed by atoms with Crippen LogP contribution >= 0.6 is 0 Å². The lowest BCUT2D eigenvalue weighted by molar-refractivity contribution is 0.0959. The maximum Gasteiger partial charge on any atom is 0.0628 e. The Labute approximate surface area is 130 Å². The molecule has 4 heteroatoms. The molecule has 1 saturated heterocycles. The van der Waals surface area contributed by atoms with Gasteiger partial charge in [-0.25, -0.2) is 0 Å². The summed E-state index contributed by atoms with van der Waals surface area (Å²) in [5.74, 6) is 0.682. The zero-order valence-electron chi connectivity index (χ0n) is 14.3. The summed E-state index contributed by atoms with van der Waals surface area (Å²) in [7, 11) is 0. The molecule has 0 bridgehead atoms. The standard InChI is InChI=1S/C17H35N3O/c1-4-10-18-17(14-21,15-7-8-15)13-19-11-9-16(12-19)20(5-2)6-3/h15-16,18,21H,4-14H2,1-3H3. The van der Waals surface area contributed by atoms with Crippen molar-refractivity contribution in [2.75, 3.05) is 45.9 Å². The summed E-state index contributed by atoms with van der Waals surface area (Å²) < 4.78 is 0. The molecule has 1 aliphatic carbocycles. The van der Waals surface area contributed by atoms with Gasteiger partial charge in [0.15, 0.2) is 0 Å². The van der Waals surface area contributed by atoms with Crippen molar-refractivity contribution >= 4 is 0 Å². The minimum Gasteiger partial charge on any atom is -0.394 e. The Morgan fingerprint density at radius 3 is 2.43 bits per heavy atom. The molecule has 0 aromatic heterocycles. The second kappa shape index (κ2) is 7.91. The molecule has 0 radical (unpaired) electrons. The van der Waals surface area contributed by atoms with Crippen molar-refractivity contribution in [1.82, 2.24) is 15.1 Å². The number of aliphatic hydroxyl groups is 1. The van der Waals surface area contributed by atoms with Gasteiger partial charge in [0.25, 0.3) is 0 Å². The molecule has 21 heavy (non-hydrogen) atoms. The Hall–Kier alpha value is -0.160. The van der Waals surface area contributed by atoms with E-state index in [-0.39, 0.29) is 12.1 Å². The predicted octanol–water partition coefficient (Wildman–Crippen LogP) is 1.54. The lowest BCUT2D eigenvalue weighted by Gasteiger charge is -2.37. The van der Waals surface area contributed by atoms with Crippen LogP contribution in [0.1, 0.15) is 46.5 Å². The van der Waals surface area contributed by atoms with E-state index in [1.54, 1.807) is 0 Å². The fourth-order valence-electron chi connectivity index (χ4n) is 3.97. The smallest absolute Gasteiger partial charge is 0.0628 e. The van der Waals surface area contributed by atoms with Crippen LogP contribution in [0.3, 0.4) is 0 Å². The number of aliphatic hydroxyl groups excluding tert-OH is 1. The highest BCUT2D eigenvalue weighted by Gasteiger charge is 2.46. The van der Waals surface area contributed by atoms with Crippen molar-refractivity contribution in [2.45, 2.75) is 58.0 Å². The first-order valence-corrected chi connectivity index (χ1v) is 9.01. The van der Waals surface area contributed by atoms with E-state index in [9.17, 15) is 5.11 Å². The molecule has 0 spiro atoms. The molecule has 1 aliphatic heterocycles. The lowest BCUT2D eigenvalue weighted by atomic mass is 9.93. The van der Waals surface area contributed by atoms with Crippen LogP contribution < -0.4 is 5.32 Å². The Kier molecular flexibility index (Phi) is 6.48. The number of likely N-dealkylation sites (N-methyl/N-ethyl adjacent to an activating group) is 1. The molecule has 1 heterocycles. The molecule has 4 nitrogen and oxygen atoms in total. The Morgan fingerprint density at radius 2 is 1.90 bits per heavy atom. The van der Waals surface area contributed by atoms with Crippen LogP contribution in [0.5, 0.6) is 0 Å². The normalized spacial score (nSPS) is 26.4. The van der Waals surface area contributed by atoms with Gasteiger partial charge in [-0.15, -0.1) is 0 Å². The lowest BCUT2D eigenvalue weighted by Crippen LogP contribution is -2.58. The highest BCUT2D eigenvalue weighted by Crippen LogP contribution is 2.40. The number of hydrogen-bond donors (Lipinski definition) is 2. The average Bonchev–Trinajstić information content (AvgIpc) is 3.27. The van der Waals surface area contributed by atoms with E-state index in [2.05, 4.69) is 35.9 Å². The van der Waals surface area contributed by atoms with E-state index >= 15 is 0 Å². The molecule has 2 rings (SSSR count). The van der Waals surface area contributed by atoms with Crippen molar-refractivity contribution in [3.63, 3.8) is 0 Å². The summed E-state index contributed by atoms with van der Waals surface area (Å²) >= 11 is 0. The van der Waals surface area contributed by atoms with E-state index in [0.717, 1.165) is 32.6 Å². The second-order valence-corrected chi connectivity index (χ2v) is 6.91. The van der Waals surface area contributed by atoms with Crippen LogP contribution in [-0.2, 0) is 0 Å². The molecule has 2 fully saturated rings. The summed E-state index contributed by atoms with van der Waals surface area (Å²) in [6.07, 6.45) is 4.98. The minimum absolute atomic E-state index is 0.0475. The van der Waals surface area contributed by atoms with Crippen molar-refractivity contribution in [2.24, 2.45) is 5.92 Å².